The number of Topliss-reactive ketones (excluding diaryl/α,β-unsaturated/α-hetero) is 2. The lowest BCUT2D eigenvalue weighted by Gasteiger charge is -2.35. The number of alkyl carbamates (subject to hydrolysis) is 1. The van der Waals surface area contributed by atoms with Crippen molar-refractivity contribution >= 4 is 41.3 Å². The second-order valence-corrected chi connectivity index (χ2v) is 17.2. The molecule has 0 bridgehead atoms. The highest BCUT2D eigenvalue weighted by Crippen LogP contribution is 2.71. The molecule has 4 N–H and O–H groups in total. The lowest BCUT2D eigenvalue weighted by molar-refractivity contribution is -0.142. The van der Waals surface area contributed by atoms with E-state index in [1.54, 1.807) is 59.1 Å². The van der Waals surface area contributed by atoms with Crippen molar-refractivity contribution in [2.24, 2.45) is 35.0 Å². The number of fused-ring (bicyclic) bond motifs is 1. The number of nitrogens with zero attached hydrogens (tertiary/aromatic N) is 1. The van der Waals surface area contributed by atoms with Crippen LogP contribution in [0, 0.1) is 35.0 Å². The topological polar surface area (TPSA) is 180 Å². The maximum atomic E-state index is 14.5. The van der Waals surface area contributed by atoms with E-state index in [1.807, 2.05) is 13.0 Å². The monoisotopic (exact) mass is 751 g/mol. The molecule has 13 heteroatoms. The van der Waals surface area contributed by atoms with Gasteiger partial charge in [0.05, 0.1) is 37.0 Å². The van der Waals surface area contributed by atoms with Crippen LogP contribution in [0.2, 0.25) is 0 Å². The molecule has 0 radical (unpaired) electrons. The van der Waals surface area contributed by atoms with Crippen LogP contribution in [-0.4, -0.2) is 84.5 Å². The minimum Gasteiger partial charge on any atom is -0.444 e. The predicted molar refractivity (Wildman–Crippen MR) is 203 cm³/mol. The van der Waals surface area contributed by atoms with Crippen molar-refractivity contribution in [2.45, 2.75) is 123 Å². The van der Waals surface area contributed by atoms with Gasteiger partial charge in [-0.15, -0.1) is 0 Å². The summed E-state index contributed by atoms with van der Waals surface area (Å²) in [5, 5.41) is 10.9. The smallest absolute Gasteiger partial charge is 0.408 e. The fourth-order valence-electron chi connectivity index (χ4n) is 8.58. The summed E-state index contributed by atoms with van der Waals surface area (Å²) in [6.45, 7) is 10.8. The van der Waals surface area contributed by atoms with Crippen LogP contribution < -0.4 is 21.3 Å². The molecule has 4 rings (SSSR count). The summed E-state index contributed by atoms with van der Waals surface area (Å²) in [6.07, 6.45) is 5.04. The average Bonchev–Trinajstić information content (AvgIpc) is 3.42. The Morgan fingerprint density at radius 2 is 1.57 bits per heavy atom. The largest absolute Gasteiger partial charge is 0.444 e. The third-order valence-corrected chi connectivity index (χ3v) is 11.5. The fraction of sp³-hybridized carbons (Fsp3) is 0.683. The molecule has 3 fully saturated rings. The SMILES string of the molecule is CCC[C@H](NC(=O)[C@H]1C(C(=O)[C@@H](NC(=O)OC(C)(C)C)C2CCCCC2)C[C@H]2[C@@H]1C2(C)C)C(=O)C(=O)NCC(=O)N[C@H](CC(=O)N(C)C)c1ccccc1. The molecule has 0 aliphatic heterocycles. The fourth-order valence-corrected chi connectivity index (χ4v) is 8.58. The first-order valence-electron chi connectivity index (χ1n) is 19.6. The Morgan fingerprint density at radius 3 is 2.17 bits per heavy atom. The first kappa shape index (κ1) is 42.5. The molecule has 3 aliphatic rings. The summed E-state index contributed by atoms with van der Waals surface area (Å²) in [5.74, 6) is -4.76. The minimum absolute atomic E-state index is 0.00201. The summed E-state index contributed by atoms with van der Waals surface area (Å²) in [4.78, 5) is 95.2. The van der Waals surface area contributed by atoms with Crippen LogP contribution in [0.25, 0.3) is 0 Å². The zero-order valence-electron chi connectivity index (χ0n) is 33.3. The minimum atomic E-state index is -1.16. The highest BCUT2D eigenvalue weighted by atomic mass is 16.6. The predicted octanol–water partition coefficient (Wildman–Crippen LogP) is 4.24. The van der Waals surface area contributed by atoms with Crippen LogP contribution in [0.4, 0.5) is 4.79 Å². The van der Waals surface area contributed by atoms with Gasteiger partial charge in [0.1, 0.15) is 5.60 Å². The van der Waals surface area contributed by atoms with E-state index in [4.69, 9.17) is 4.74 Å². The number of carbonyl (C=O) groups is 7. The van der Waals surface area contributed by atoms with Gasteiger partial charge < -0.3 is 30.9 Å². The van der Waals surface area contributed by atoms with Crippen molar-refractivity contribution in [1.29, 1.82) is 0 Å². The number of nitrogens with one attached hydrogen (secondary N) is 4. The summed E-state index contributed by atoms with van der Waals surface area (Å²) in [6, 6.07) is 6.37. The van der Waals surface area contributed by atoms with Crippen molar-refractivity contribution < 1.29 is 38.3 Å². The van der Waals surface area contributed by atoms with Gasteiger partial charge in [0.15, 0.2) is 5.78 Å². The lowest BCUT2D eigenvalue weighted by atomic mass is 9.74. The Bertz CT molecular complexity index is 1550. The van der Waals surface area contributed by atoms with E-state index in [2.05, 4.69) is 35.1 Å². The van der Waals surface area contributed by atoms with Gasteiger partial charge in [-0.05, 0) is 75.2 Å². The Labute approximate surface area is 319 Å². The second kappa shape index (κ2) is 17.9. The Kier molecular flexibility index (Phi) is 14.1. The molecule has 1 unspecified atom stereocenters. The Balaban J connectivity index is 1.44. The molecule has 13 nitrogen and oxygen atoms in total. The summed E-state index contributed by atoms with van der Waals surface area (Å²) in [7, 11) is 3.24. The van der Waals surface area contributed by atoms with Gasteiger partial charge in [0, 0.05) is 20.0 Å². The summed E-state index contributed by atoms with van der Waals surface area (Å²) >= 11 is 0. The first-order valence-corrected chi connectivity index (χ1v) is 19.6. The van der Waals surface area contributed by atoms with Gasteiger partial charge in [-0.25, -0.2) is 4.79 Å². The van der Waals surface area contributed by atoms with E-state index in [0.717, 1.165) is 32.1 Å². The highest BCUT2D eigenvalue weighted by molar-refractivity contribution is 6.38. The molecule has 54 heavy (non-hydrogen) atoms. The summed E-state index contributed by atoms with van der Waals surface area (Å²) in [5.41, 5.74) is -0.217. The van der Waals surface area contributed by atoms with Crippen LogP contribution in [0.5, 0.6) is 0 Å². The molecule has 1 aromatic rings. The lowest BCUT2D eigenvalue weighted by Crippen LogP contribution is -2.54. The van der Waals surface area contributed by atoms with Gasteiger partial charge in [0.2, 0.25) is 23.5 Å². The van der Waals surface area contributed by atoms with Crippen LogP contribution in [0.3, 0.4) is 0 Å². The molecule has 7 atom stereocenters. The molecular weight excluding hydrogens is 690 g/mol. The van der Waals surface area contributed by atoms with Crippen molar-refractivity contribution in [2.75, 3.05) is 20.6 Å². The molecular formula is C41H61N5O8. The molecule has 3 aliphatic carbocycles. The van der Waals surface area contributed by atoms with Gasteiger partial charge in [-0.1, -0.05) is 76.8 Å². The Hall–Kier alpha value is -4.29. The maximum absolute atomic E-state index is 14.5. The second-order valence-electron chi connectivity index (χ2n) is 17.2. The number of ketones is 2. The van der Waals surface area contributed by atoms with Crippen molar-refractivity contribution in [3.05, 3.63) is 35.9 Å². The maximum Gasteiger partial charge on any atom is 0.408 e. The third kappa shape index (κ3) is 10.7. The molecule has 0 spiro atoms. The molecule has 5 amide bonds. The molecule has 1 aromatic carbocycles. The normalized spacial score (nSPS) is 23.4. The van der Waals surface area contributed by atoms with Crippen LogP contribution in [0.1, 0.15) is 111 Å². The number of ether oxygens (including phenoxy) is 1. The molecule has 0 saturated heterocycles. The van der Waals surface area contributed by atoms with E-state index in [1.165, 1.54) is 4.90 Å². The summed E-state index contributed by atoms with van der Waals surface area (Å²) < 4.78 is 5.54. The van der Waals surface area contributed by atoms with Crippen LogP contribution in [-0.2, 0) is 33.5 Å². The number of hydrogen-bond acceptors (Lipinski definition) is 8. The number of hydrogen-bond donors (Lipinski definition) is 4. The molecule has 298 valence electrons. The van der Waals surface area contributed by atoms with E-state index < -0.39 is 71.7 Å². The van der Waals surface area contributed by atoms with Gasteiger partial charge in [0.25, 0.3) is 5.91 Å². The molecule has 0 aromatic heterocycles. The van der Waals surface area contributed by atoms with E-state index in [0.29, 0.717) is 18.4 Å². The average molecular weight is 752 g/mol. The third-order valence-electron chi connectivity index (χ3n) is 11.5. The first-order chi connectivity index (χ1) is 25.3. The molecule has 3 saturated carbocycles. The van der Waals surface area contributed by atoms with Gasteiger partial charge in [-0.3, -0.25) is 28.8 Å². The standard InChI is InChI=1S/C41H61N5O8/c1-9-16-28(36(50)38(52)42-23-30(47)43-29(22-31(48)46(7)8)24-17-12-10-13-18-24)44-37(51)32-26(21-27-33(32)41(27,5)6)35(49)34(25-19-14-11-15-20-25)45-39(53)54-40(2,3)4/h10,12-13,17-18,25-29,32-34H,9,11,14-16,19-23H2,1-8H3,(H,42,52)(H,43,47)(H,44,51)(H,45,53)/t26?,27-,28-,29+,32-,33-,34-/m0/s1. The van der Waals surface area contributed by atoms with Crippen molar-refractivity contribution in [1.82, 2.24) is 26.2 Å². The zero-order valence-corrected chi connectivity index (χ0v) is 33.3. The number of amides is 5. The van der Waals surface area contributed by atoms with Crippen LogP contribution >= 0.6 is 0 Å². The highest BCUT2D eigenvalue weighted by Gasteiger charge is 2.70. The Morgan fingerprint density at radius 1 is 0.926 bits per heavy atom. The zero-order chi connectivity index (χ0) is 40.0. The quantitative estimate of drug-likeness (QED) is 0.181. The van der Waals surface area contributed by atoms with Crippen molar-refractivity contribution in [3.8, 4) is 0 Å². The van der Waals surface area contributed by atoms with E-state index in [9.17, 15) is 33.6 Å². The van der Waals surface area contributed by atoms with Crippen molar-refractivity contribution in [3.63, 3.8) is 0 Å². The van der Waals surface area contributed by atoms with E-state index >= 15 is 0 Å². The molecule has 0 heterocycles. The number of benzene rings is 1. The van der Waals surface area contributed by atoms with E-state index in [-0.39, 0.29) is 47.7 Å². The number of carbonyl (C=O) groups excluding carboxylic acids is 7. The van der Waals surface area contributed by atoms with Gasteiger partial charge in [-0.2, -0.15) is 0 Å². The van der Waals surface area contributed by atoms with Gasteiger partial charge >= 0.3 is 6.09 Å². The number of rotatable bonds is 16. The van der Waals surface area contributed by atoms with Crippen LogP contribution in [0.15, 0.2) is 30.3 Å².